The number of halogens is 2. The van der Waals surface area contributed by atoms with Crippen molar-refractivity contribution in [2.24, 2.45) is 5.92 Å². The number of anilines is 1. The maximum Gasteiger partial charge on any atom is 0.243 e. The number of likely N-dealkylation sites (N-methyl/N-ethyl adjacent to an activating group) is 1. The molecule has 1 N–H and O–H groups in total. The zero-order chi connectivity index (χ0) is 21.0. The number of hydrogen-bond donors (Lipinski definition) is 1. The second-order valence-electron chi connectivity index (χ2n) is 6.87. The smallest absolute Gasteiger partial charge is 0.243 e. The van der Waals surface area contributed by atoms with Crippen molar-refractivity contribution in [3.63, 3.8) is 0 Å². The molecule has 2 aromatic rings. The van der Waals surface area contributed by atoms with Gasteiger partial charge >= 0.3 is 0 Å². The number of rotatable bonds is 6. The van der Waals surface area contributed by atoms with Crippen molar-refractivity contribution < 1.29 is 14.4 Å². The molecule has 1 atom stereocenters. The molecule has 1 unspecified atom stereocenters. The van der Waals surface area contributed by atoms with Crippen LogP contribution in [0, 0.1) is 5.92 Å². The van der Waals surface area contributed by atoms with E-state index >= 15 is 0 Å². The highest BCUT2D eigenvalue weighted by Crippen LogP contribution is 2.25. The van der Waals surface area contributed by atoms with Gasteiger partial charge in [0.2, 0.25) is 17.7 Å². The third-order valence-electron chi connectivity index (χ3n) is 4.60. The summed E-state index contributed by atoms with van der Waals surface area (Å²) in [6.07, 6.45) is 1.79. The highest BCUT2D eigenvalue weighted by Gasteiger charge is 2.36. The Morgan fingerprint density at radius 1 is 1.24 bits per heavy atom. The van der Waals surface area contributed by atoms with Gasteiger partial charge in [-0.2, -0.15) is 0 Å². The van der Waals surface area contributed by atoms with E-state index in [-0.39, 0.29) is 30.7 Å². The maximum atomic E-state index is 12.7. The quantitative estimate of drug-likeness (QED) is 0.757. The number of likely N-dealkylation sites (tertiary alicyclic amines) is 1. The Labute approximate surface area is 178 Å². The lowest BCUT2D eigenvalue weighted by atomic mass is 10.1. The van der Waals surface area contributed by atoms with Crippen molar-refractivity contribution in [2.45, 2.75) is 13.0 Å². The molecule has 1 aromatic carbocycles. The minimum absolute atomic E-state index is 0.0948. The van der Waals surface area contributed by atoms with Gasteiger partial charge in [0.15, 0.2) is 0 Å². The second-order valence-corrected chi connectivity index (χ2v) is 7.68. The minimum Gasteiger partial charge on any atom is -0.336 e. The number of carbonyl (C=O) groups excluding carboxylic acids is 3. The van der Waals surface area contributed by atoms with Crippen molar-refractivity contribution in [1.29, 1.82) is 0 Å². The second kappa shape index (κ2) is 9.24. The van der Waals surface area contributed by atoms with E-state index in [0.717, 1.165) is 5.69 Å². The van der Waals surface area contributed by atoms with E-state index in [1.165, 1.54) is 11.0 Å². The first-order valence-corrected chi connectivity index (χ1v) is 9.76. The number of pyridine rings is 1. The van der Waals surface area contributed by atoms with Gasteiger partial charge in [-0.05, 0) is 30.3 Å². The van der Waals surface area contributed by atoms with Crippen LogP contribution in [0.25, 0.3) is 0 Å². The first-order valence-electron chi connectivity index (χ1n) is 9.01. The summed E-state index contributed by atoms with van der Waals surface area (Å²) in [5.41, 5.74) is 1.26. The van der Waals surface area contributed by atoms with Crippen LogP contribution >= 0.6 is 23.2 Å². The van der Waals surface area contributed by atoms with E-state index in [1.54, 1.807) is 36.3 Å². The fourth-order valence-electron chi connectivity index (χ4n) is 3.16. The molecule has 3 amide bonds. The van der Waals surface area contributed by atoms with Crippen molar-refractivity contribution >= 4 is 46.6 Å². The van der Waals surface area contributed by atoms with Crippen LogP contribution in [-0.4, -0.2) is 52.6 Å². The van der Waals surface area contributed by atoms with Gasteiger partial charge in [-0.25, -0.2) is 0 Å². The van der Waals surface area contributed by atoms with E-state index in [1.807, 2.05) is 12.1 Å². The first-order chi connectivity index (χ1) is 13.8. The lowest BCUT2D eigenvalue weighted by molar-refractivity contribution is -0.137. The van der Waals surface area contributed by atoms with Gasteiger partial charge in [0.1, 0.15) is 0 Å². The van der Waals surface area contributed by atoms with Gasteiger partial charge in [-0.1, -0.05) is 29.3 Å². The maximum absolute atomic E-state index is 12.7. The zero-order valence-electron chi connectivity index (χ0n) is 15.8. The average Bonchev–Trinajstić information content (AvgIpc) is 3.05. The molecule has 2 heterocycles. The first kappa shape index (κ1) is 21.1. The van der Waals surface area contributed by atoms with Crippen LogP contribution in [0.15, 0.2) is 42.6 Å². The van der Waals surface area contributed by atoms with Crippen LogP contribution < -0.4 is 5.32 Å². The Hall–Kier alpha value is -2.64. The Kier molecular flexibility index (Phi) is 6.71. The third-order valence-corrected chi connectivity index (χ3v) is 5.34. The van der Waals surface area contributed by atoms with Gasteiger partial charge in [-0.3, -0.25) is 19.4 Å². The monoisotopic (exact) mass is 434 g/mol. The number of carbonyl (C=O) groups is 3. The molecular weight excluding hydrogens is 415 g/mol. The van der Waals surface area contributed by atoms with Crippen LogP contribution in [0.2, 0.25) is 10.0 Å². The molecule has 0 spiro atoms. The Bertz CT molecular complexity index is 923. The van der Waals surface area contributed by atoms with Gasteiger partial charge in [0.25, 0.3) is 0 Å². The molecule has 1 aliphatic heterocycles. The van der Waals surface area contributed by atoms with Gasteiger partial charge < -0.3 is 15.1 Å². The summed E-state index contributed by atoms with van der Waals surface area (Å²) in [4.78, 5) is 44.4. The largest absolute Gasteiger partial charge is 0.336 e. The summed E-state index contributed by atoms with van der Waals surface area (Å²) in [6, 6.07) is 10.2. The lowest BCUT2D eigenvalue weighted by Crippen LogP contribution is -2.39. The standard InChI is InChI=1S/C20H20Cl2N4O3/c1-25(12-18(27)24-14-5-6-16(21)17(22)9-14)20(29)13-8-19(28)26(10-13)11-15-4-2-3-7-23-15/h2-7,9,13H,8,10-12H2,1H3,(H,24,27). The number of hydrogen-bond acceptors (Lipinski definition) is 4. The van der Waals surface area contributed by atoms with Crippen molar-refractivity contribution in [3.8, 4) is 0 Å². The Morgan fingerprint density at radius 2 is 2.03 bits per heavy atom. The molecule has 1 saturated heterocycles. The van der Waals surface area contributed by atoms with E-state index in [0.29, 0.717) is 28.8 Å². The predicted octanol–water partition coefficient (Wildman–Crippen LogP) is 2.83. The van der Waals surface area contributed by atoms with Crippen LogP contribution in [-0.2, 0) is 20.9 Å². The van der Waals surface area contributed by atoms with Crippen LogP contribution in [0.5, 0.6) is 0 Å². The molecular formula is C20H20Cl2N4O3. The number of nitrogens with one attached hydrogen (secondary N) is 1. The Balaban J connectivity index is 1.53. The fourth-order valence-corrected chi connectivity index (χ4v) is 3.46. The van der Waals surface area contributed by atoms with Crippen molar-refractivity contribution in [1.82, 2.24) is 14.8 Å². The van der Waals surface area contributed by atoms with Crippen molar-refractivity contribution in [2.75, 3.05) is 25.5 Å². The number of aromatic nitrogens is 1. The topological polar surface area (TPSA) is 82.6 Å². The summed E-state index contributed by atoms with van der Waals surface area (Å²) in [5, 5.41) is 3.39. The van der Waals surface area contributed by atoms with Gasteiger partial charge in [0.05, 0.1) is 34.7 Å². The van der Waals surface area contributed by atoms with E-state index in [4.69, 9.17) is 23.2 Å². The van der Waals surface area contributed by atoms with E-state index in [2.05, 4.69) is 10.3 Å². The molecule has 9 heteroatoms. The minimum atomic E-state index is -0.478. The summed E-state index contributed by atoms with van der Waals surface area (Å²) in [7, 11) is 1.54. The molecule has 0 saturated carbocycles. The number of amides is 3. The summed E-state index contributed by atoms with van der Waals surface area (Å²) in [6.45, 7) is 0.544. The molecule has 1 fully saturated rings. The Morgan fingerprint density at radius 3 is 2.72 bits per heavy atom. The van der Waals surface area contributed by atoms with Gasteiger partial charge in [0, 0.05) is 31.9 Å². The van der Waals surface area contributed by atoms with Crippen LogP contribution in [0.3, 0.4) is 0 Å². The van der Waals surface area contributed by atoms with E-state index in [9.17, 15) is 14.4 Å². The lowest BCUT2D eigenvalue weighted by Gasteiger charge is -2.21. The molecule has 7 nitrogen and oxygen atoms in total. The highest BCUT2D eigenvalue weighted by atomic mass is 35.5. The molecule has 29 heavy (non-hydrogen) atoms. The zero-order valence-corrected chi connectivity index (χ0v) is 17.3. The van der Waals surface area contributed by atoms with Crippen molar-refractivity contribution in [3.05, 3.63) is 58.3 Å². The average molecular weight is 435 g/mol. The highest BCUT2D eigenvalue weighted by molar-refractivity contribution is 6.42. The summed E-state index contributed by atoms with van der Waals surface area (Å²) >= 11 is 11.8. The molecule has 0 bridgehead atoms. The molecule has 152 valence electrons. The molecule has 0 aliphatic carbocycles. The summed E-state index contributed by atoms with van der Waals surface area (Å²) < 4.78 is 0. The van der Waals surface area contributed by atoms with Crippen LogP contribution in [0.1, 0.15) is 12.1 Å². The fraction of sp³-hybridized carbons (Fsp3) is 0.300. The molecule has 1 aliphatic rings. The third kappa shape index (κ3) is 5.46. The SMILES string of the molecule is CN(CC(=O)Nc1ccc(Cl)c(Cl)c1)C(=O)C1CC(=O)N(Cc2ccccn2)C1. The molecule has 0 radical (unpaired) electrons. The number of benzene rings is 1. The van der Waals surface area contributed by atoms with Gasteiger partial charge in [-0.15, -0.1) is 0 Å². The normalized spacial score (nSPS) is 16.0. The van der Waals surface area contributed by atoms with E-state index < -0.39 is 5.92 Å². The van der Waals surface area contributed by atoms with Crippen LogP contribution in [0.4, 0.5) is 5.69 Å². The summed E-state index contributed by atoms with van der Waals surface area (Å²) in [5.74, 6) is -1.18. The molecule has 3 rings (SSSR count). The molecule has 1 aromatic heterocycles. The predicted molar refractivity (Wildman–Crippen MR) is 110 cm³/mol. The number of nitrogens with zero attached hydrogens (tertiary/aromatic N) is 3.